The highest BCUT2D eigenvalue weighted by atomic mass is 16.1. The van der Waals surface area contributed by atoms with E-state index in [0.717, 1.165) is 12.2 Å². The van der Waals surface area contributed by atoms with Crippen LogP contribution in [-0.2, 0) is 6.42 Å². The van der Waals surface area contributed by atoms with Crippen LogP contribution in [0.3, 0.4) is 0 Å². The molecule has 0 fully saturated rings. The third-order valence-electron chi connectivity index (χ3n) is 3.57. The van der Waals surface area contributed by atoms with Crippen molar-refractivity contribution >= 4 is 16.9 Å². The fraction of sp³-hybridized carbons (Fsp3) is 0.375. The lowest BCUT2D eigenvalue weighted by Crippen LogP contribution is -2.20. The molecule has 0 aliphatic rings. The monoisotopic (exact) mass is 297 g/mol. The van der Waals surface area contributed by atoms with E-state index in [1.54, 1.807) is 18.6 Å². The smallest absolute Gasteiger partial charge is 0.171 e. The second-order valence-corrected chi connectivity index (χ2v) is 6.27. The van der Waals surface area contributed by atoms with E-state index in [1.165, 1.54) is 0 Å². The van der Waals surface area contributed by atoms with Gasteiger partial charge in [-0.1, -0.05) is 27.7 Å². The molecule has 0 bridgehead atoms. The maximum absolute atomic E-state index is 12.6. The van der Waals surface area contributed by atoms with Gasteiger partial charge in [-0.15, -0.1) is 0 Å². The SMILES string of the molecule is CCc1nccn1-c1cnc2[nH]cc(C(=O)C(C)(C)C)c2n1. The number of Topliss-reactive ketones (excluding diaryl/α,β-unsaturated/α-hetero) is 1. The van der Waals surface area contributed by atoms with Crippen molar-refractivity contribution in [3.63, 3.8) is 0 Å². The van der Waals surface area contributed by atoms with Crippen molar-refractivity contribution < 1.29 is 4.79 Å². The number of nitrogens with zero attached hydrogens (tertiary/aromatic N) is 4. The molecule has 3 aromatic rings. The minimum atomic E-state index is -0.462. The third kappa shape index (κ3) is 2.30. The molecule has 3 heterocycles. The lowest BCUT2D eigenvalue weighted by molar-refractivity contribution is 0.0860. The van der Waals surface area contributed by atoms with Crippen molar-refractivity contribution in [1.29, 1.82) is 0 Å². The van der Waals surface area contributed by atoms with Gasteiger partial charge in [-0.2, -0.15) is 0 Å². The van der Waals surface area contributed by atoms with Gasteiger partial charge in [0, 0.05) is 30.4 Å². The maximum Gasteiger partial charge on any atom is 0.171 e. The number of carbonyl (C=O) groups excluding carboxylic acids is 1. The van der Waals surface area contributed by atoms with Crippen molar-refractivity contribution in [2.75, 3.05) is 0 Å². The molecule has 0 spiro atoms. The van der Waals surface area contributed by atoms with Crippen LogP contribution in [0.4, 0.5) is 0 Å². The Labute approximate surface area is 128 Å². The first-order valence-corrected chi connectivity index (χ1v) is 7.33. The summed E-state index contributed by atoms with van der Waals surface area (Å²) in [4.78, 5) is 28.9. The highest BCUT2D eigenvalue weighted by Crippen LogP contribution is 2.25. The number of H-pyrrole nitrogens is 1. The van der Waals surface area contributed by atoms with Gasteiger partial charge in [-0.25, -0.2) is 15.0 Å². The van der Waals surface area contributed by atoms with Crippen LogP contribution in [0.15, 0.2) is 24.8 Å². The van der Waals surface area contributed by atoms with Crippen LogP contribution in [0.25, 0.3) is 17.0 Å². The molecule has 6 heteroatoms. The normalized spacial score (nSPS) is 12.0. The van der Waals surface area contributed by atoms with Gasteiger partial charge >= 0.3 is 0 Å². The Hall–Kier alpha value is -2.50. The van der Waals surface area contributed by atoms with Crippen molar-refractivity contribution in [1.82, 2.24) is 24.5 Å². The molecule has 3 rings (SSSR count). The average molecular weight is 297 g/mol. The molecule has 6 nitrogen and oxygen atoms in total. The summed E-state index contributed by atoms with van der Waals surface area (Å²) in [7, 11) is 0. The van der Waals surface area contributed by atoms with E-state index in [1.807, 2.05) is 38.5 Å². The van der Waals surface area contributed by atoms with Crippen LogP contribution in [0.2, 0.25) is 0 Å². The summed E-state index contributed by atoms with van der Waals surface area (Å²) in [5.74, 6) is 1.63. The van der Waals surface area contributed by atoms with Crippen molar-refractivity contribution in [2.45, 2.75) is 34.1 Å². The molecular formula is C16H19N5O. The summed E-state index contributed by atoms with van der Waals surface area (Å²) >= 11 is 0. The fourth-order valence-electron chi connectivity index (χ4n) is 2.38. The zero-order valence-corrected chi connectivity index (χ0v) is 13.2. The zero-order valence-electron chi connectivity index (χ0n) is 13.2. The van der Waals surface area contributed by atoms with Crippen LogP contribution < -0.4 is 0 Å². The van der Waals surface area contributed by atoms with Crippen LogP contribution in [-0.4, -0.2) is 30.3 Å². The van der Waals surface area contributed by atoms with Gasteiger partial charge < -0.3 is 4.98 Å². The number of nitrogens with one attached hydrogen (secondary N) is 1. The van der Waals surface area contributed by atoms with Crippen LogP contribution in [0.1, 0.15) is 43.9 Å². The van der Waals surface area contributed by atoms with Crippen LogP contribution in [0, 0.1) is 5.41 Å². The number of imidazole rings is 1. The van der Waals surface area contributed by atoms with Gasteiger partial charge in [-0.3, -0.25) is 9.36 Å². The van der Waals surface area contributed by atoms with E-state index in [2.05, 4.69) is 19.9 Å². The standard InChI is InChI=1S/C16H19N5O/c1-5-11-17-6-7-21(11)12-9-19-15-13(20-12)10(8-18-15)14(22)16(2,3)4/h6-9H,5H2,1-4H3,(H,18,19). The quantitative estimate of drug-likeness (QED) is 0.754. The molecule has 0 saturated carbocycles. The summed E-state index contributed by atoms with van der Waals surface area (Å²) in [6.07, 6.45) is 7.77. The predicted molar refractivity (Wildman–Crippen MR) is 84.2 cm³/mol. The van der Waals surface area contributed by atoms with E-state index >= 15 is 0 Å². The van der Waals surface area contributed by atoms with Crippen LogP contribution in [0.5, 0.6) is 0 Å². The number of ketones is 1. The molecule has 1 N–H and O–H groups in total. The molecule has 114 valence electrons. The predicted octanol–water partition coefficient (Wildman–Crippen LogP) is 2.93. The summed E-state index contributed by atoms with van der Waals surface area (Å²) in [6, 6.07) is 0. The highest BCUT2D eigenvalue weighted by Gasteiger charge is 2.26. The molecule has 0 aliphatic carbocycles. The lowest BCUT2D eigenvalue weighted by Gasteiger charge is -2.15. The van der Waals surface area contributed by atoms with Crippen molar-refractivity contribution in [3.8, 4) is 5.82 Å². The molecule has 0 aromatic carbocycles. The van der Waals surface area contributed by atoms with Gasteiger partial charge in [0.1, 0.15) is 11.3 Å². The molecular weight excluding hydrogens is 278 g/mol. The average Bonchev–Trinajstić information content (AvgIpc) is 3.11. The minimum absolute atomic E-state index is 0.0477. The molecule has 22 heavy (non-hydrogen) atoms. The largest absolute Gasteiger partial charge is 0.344 e. The molecule has 0 amide bonds. The van der Waals surface area contributed by atoms with Gasteiger partial charge in [-0.05, 0) is 0 Å². The Bertz CT molecular complexity index is 838. The number of rotatable bonds is 3. The van der Waals surface area contributed by atoms with E-state index in [-0.39, 0.29) is 5.78 Å². The Morgan fingerprint density at radius 3 is 2.77 bits per heavy atom. The van der Waals surface area contributed by atoms with E-state index in [4.69, 9.17) is 0 Å². The molecule has 0 unspecified atom stereocenters. The molecule has 0 radical (unpaired) electrons. The lowest BCUT2D eigenvalue weighted by atomic mass is 9.87. The second-order valence-electron chi connectivity index (χ2n) is 6.27. The number of aryl methyl sites for hydroxylation is 1. The summed E-state index contributed by atoms with van der Waals surface area (Å²) in [5.41, 5.74) is 1.34. The summed E-state index contributed by atoms with van der Waals surface area (Å²) in [6.45, 7) is 7.74. The molecule has 0 atom stereocenters. The van der Waals surface area contributed by atoms with Crippen LogP contribution >= 0.6 is 0 Å². The molecule has 3 aromatic heterocycles. The number of carbonyl (C=O) groups is 1. The topological polar surface area (TPSA) is 76.5 Å². The first-order valence-electron chi connectivity index (χ1n) is 7.33. The highest BCUT2D eigenvalue weighted by molar-refractivity contribution is 6.08. The first kappa shape index (κ1) is 14.4. The van der Waals surface area contributed by atoms with Crippen molar-refractivity contribution in [2.24, 2.45) is 5.41 Å². The van der Waals surface area contributed by atoms with E-state index < -0.39 is 5.41 Å². The number of hydrogen-bond donors (Lipinski definition) is 1. The second kappa shape index (κ2) is 5.05. The Morgan fingerprint density at radius 2 is 2.09 bits per heavy atom. The third-order valence-corrected chi connectivity index (χ3v) is 3.57. The van der Waals surface area contributed by atoms with Gasteiger partial charge in [0.05, 0.1) is 11.8 Å². The van der Waals surface area contributed by atoms with Gasteiger partial charge in [0.25, 0.3) is 0 Å². The maximum atomic E-state index is 12.6. The number of fused-ring (bicyclic) bond motifs is 1. The molecule has 0 aliphatic heterocycles. The minimum Gasteiger partial charge on any atom is -0.344 e. The molecule has 0 saturated heterocycles. The summed E-state index contributed by atoms with van der Waals surface area (Å²) < 4.78 is 1.89. The Kier molecular flexibility index (Phi) is 3.31. The Balaban J connectivity index is 2.15. The zero-order chi connectivity index (χ0) is 15.9. The number of aromatic nitrogens is 5. The van der Waals surface area contributed by atoms with E-state index in [9.17, 15) is 4.79 Å². The summed E-state index contributed by atoms with van der Waals surface area (Å²) in [5, 5.41) is 0. The Morgan fingerprint density at radius 1 is 1.32 bits per heavy atom. The van der Waals surface area contributed by atoms with Gasteiger partial charge in [0.2, 0.25) is 0 Å². The first-order chi connectivity index (χ1) is 10.4. The number of aromatic amines is 1. The fourth-order valence-corrected chi connectivity index (χ4v) is 2.38. The van der Waals surface area contributed by atoms with E-state index in [0.29, 0.717) is 22.5 Å². The number of hydrogen-bond acceptors (Lipinski definition) is 4. The van der Waals surface area contributed by atoms with Crippen molar-refractivity contribution in [3.05, 3.63) is 36.2 Å². The van der Waals surface area contributed by atoms with Gasteiger partial charge in [0.15, 0.2) is 17.2 Å².